The zero-order chi connectivity index (χ0) is 8.10. The smallest absolute Gasteiger partial charge is 0.0917 e. The standard InChI is InChI=1S/C10H20B/c1-3-5-9-6-4-7-10(8-9)11-2/h9-10H,3-8H2,1-2H3/t9?,10-/m0/s1. The van der Waals surface area contributed by atoms with Crippen molar-refractivity contribution in [2.24, 2.45) is 5.92 Å². The predicted molar refractivity (Wildman–Crippen MR) is 52.2 cm³/mol. The van der Waals surface area contributed by atoms with E-state index in [1.54, 1.807) is 0 Å². The summed E-state index contributed by atoms with van der Waals surface area (Å²) < 4.78 is 0. The molecule has 1 aliphatic carbocycles. The Hall–Kier alpha value is 0.0649. The Kier molecular flexibility index (Phi) is 4.03. The van der Waals surface area contributed by atoms with Gasteiger partial charge in [0, 0.05) is 0 Å². The summed E-state index contributed by atoms with van der Waals surface area (Å²) in [6, 6.07) is 0. The average Bonchev–Trinajstić information content (AvgIpc) is 2.06. The molecule has 1 heteroatoms. The molecule has 1 fully saturated rings. The molecule has 0 spiro atoms. The van der Waals surface area contributed by atoms with Crippen LogP contribution in [0.4, 0.5) is 0 Å². The molecule has 0 nitrogen and oxygen atoms in total. The van der Waals surface area contributed by atoms with Gasteiger partial charge in [0.2, 0.25) is 0 Å². The largest absolute Gasteiger partial charge is 0.110 e. The molecule has 0 N–H and O–H groups in total. The van der Waals surface area contributed by atoms with Gasteiger partial charge in [-0.25, -0.2) is 0 Å². The second-order valence-corrected chi connectivity index (χ2v) is 3.91. The third kappa shape index (κ3) is 2.88. The summed E-state index contributed by atoms with van der Waals surface area (Å²) in [5.41, 5.74) is 0. The molecule has 0 aromatic rings. The van der Waals surface area contributed by atoms with Crippen molar-refractivity contribution in [3.63, 3.8) is 0 Å². The van der Waals surface area contributed by atoms with Gasteiger partial charge in [-0.3, -0.25) is 0 Å². The van der Waals surface area contributed by atoms with Crippen LogP contribution in [-0.2, 0) is 0 Å². The molecule has 1 unspecified atom stereocenters. The van der Waals surface area contributed by atoms with Crippen molar-refractivity contribution in [1.82, 2.24) is 0 Å². The first kappa shape index (κ1) is 9.16. The summed E-state index contributed by atoms with van der Waals surface area (Å²) in [5.74, 6) is 2.00. The highest BCUT2D eigenvalue weighted by Gasteiger charge is 2.19. The Bertz CT molecular complexity index is 99.0. The first-order valence-corrected chi connectivity index (χ1v) is 5.16. The number of rotatable bonds is 3. The van der Waals surface area contributed by atoms with Crippen molar-refractivity contribution < 1.29 is 0 Å². The van der Waals surface area contributed by atoms with Crippen molar-refractivity contribution in [2.45, 2.75) is 58.1 Å². The van der Waals surface area contributed by atoms with Gasteiger partial charge in [-0.05, 0) is 5.92 Å². The van der Waals surface area contributed by atoms with Crippen molar-refractivity contribution >= 4 is 7.28 Å². The van der Waals surface area contributed by atoms with E-state index in [4.69, 9.17) is 0 Å². The molecular formula is C10H20B. The van der Waals surface area contributed by atoms with Crippen molar-refractivity contribution in [3.05, 3.63) is 0 Å². The van der Waals surface area contributed by atoms with Crippen LogP contribution in [0, 0.1) is 5.92 Å². The molecular weight excluding hydrogens is 131 g/mol. The molecule has 1 aliphatic rings. The molecule has 0 aromatic heterocycles. The van der Waals surface area contributed by atoms with Gasteiger partial charge in [-0.2, -0.15) is 0 Å². The molecule has 1 radical (unpaired) electrons. The fourth-order valence-electron chi connectivity index (χ4n) is 2.31. The summed E-state index contributed by atoms with van der Waals surface area (Å²) in [4.78, 5) is 0. The van der Waals surface area contributed by atoms with Crippen molar-refractivity contribution in [2.75, 3.05) is 0 Å². The van der Waals surface area contributed by atoms with Crippen LogP contribution in [0.3, 0.4) is 0 Å². The zero-order valence-electron chi connectivity index (χ0n) is 7.97. The van der Waals surface area contributed by atoms with Gasteiger partial charge in [-0.15, -0.1) is 0 Å². The van der Waals surface area contributed by atoms with E-state index in [-0.39, 0.29) is 0 Å². The molecule has 1 saturated carbocycles. The second kappa shape index (κ2) is 4.85. The topological polar surface area (TPSA) is 0 Å². The fourth-order valence-corrected chi connectivity index (χ4v) is 2.31. The van der Waals surface area contributed by atoms with Gasteiger partial charge < -0.3 is 0 Å². The highest BCUT2D eigenvalue weighted by molar-refractivity contribution is 6.35. The lowest BCUT2D eigenvalue weighted by atomic mass is 9.58. The highest BCUT2D eigenvalue weighted by atomic mass is 14.2. The lowest BCUT2D eigenvalue weighted by Crippen LogP contribution is -2.14. The Labute approximate surface area is 72.0 Å². The van der Waals surface area contributed by atoms with Gasteiger partial charge in [-0.1, -0.05) is 58.1 Å². The third-order valence-electron chi connectivity index (χ3n) is 2.99. The van der Waals surface area contributed by atoms with E-state index in [9.17, 15) is 0 Å². The maximum atomic E-state index is 2.40. The molecule has 63 valence electrons. The van der Waals surface area contributed by atoms with Crippen LogP contribution in [0.1, 0.15) is 45.4 Å². The van der Waals surface area contributed by atoms with Crippen LogP contribution in [0.2, 0.25) is 12.6 Å². The molecule has 0 saturated heterocycles. The molecule has 0 aromatic carbocycles. The van der Waals surface area contributed by atoms with Crippen LogP contribution in [-0.4, -0.2) is 7.28 Å². The van der Waals surface area contributed by atoms with E-state index in [0.717, 1.165) is 11.7 Å². The molecule has 0 amide bonds. The lowest BCUT2D eigenvalue weighted by molar-refractivity contribution is 0.335. The molecule has 0 aliphatic heterocycles. The molecule has 0 heterocycles. The summed E-state index contributed by atoms with van der Waals surface area (Å²) in [7, 11) is 2.40. The highest BCUT2D eigenvalue weighted by Crippen LogP contribution is 2.34. The lowest BCUT2D eigenvalue weighted by Gasteiger charge is -2.27. The summed E-state index contributed by atoms with van der Waals surface area (Å²) in [6.07, 6.45) is 8.74. The van der Waals surface area contributed by atoms with E-state index < -0.39 is 0 Å². The maximum absolute atomic E-state index is 2.40. The minimum atomic E-state index is 0.945. The molecule has 2 atom stereocenters. The SMILES string of the molecule is C[B][C@H]1CCCC(CCC)C1. The Morgan fingerprint density at radius 2 is 2.18 bits per heavy atom. The van der Waals surface area contributed by atoms with E-state index >= 15 is 0 Å². The van der Waals surface area contributed by atoms with Crippen molar-refractivity contribution in [1.29, 1.82) is 0 Å². The first-order valence-electron chi connectivity index (χ1n) is 5.16. The first-order chi connectivity index (χ1) is 5.36. The molecule has 11 heavy (non-hydrogen) atoms. The average molecular weight is 151 g/mol. The summed E-state index contributed by atoms with van der Waals surface area (Å²) >= 11 is 0. The minimum absolute atomic E-state index is 0.945. The predicted octanol–water partition coefficient (Wildman–Crippen LogP) is 3.52. The minimum Gasteiger partial charge on any atom is -0.0917 e. The van der Waals surface area contributed by atoms with Crippen LogP contribution >= 0.6 is 0 Å². The third-order valence-corrected chi connectivity index (χ3v) is 2.99. The van der Waals surface area contributed by atoms with Crippen LogP contribution < -0.4 is 0 Å². The van der Waals surface area contributed by atoms with Gasteiger partial charge in [0.05, 0.1) is 0 Å². The van der Waals surface area contributed by atoms with E-state index in [2.05, 4.69) is 21.0 Å². The van der Waals surface area contributed by atoms with Gasteiger partial charge in [0.1, 0.15) is 7.28 Å². The maximum Gasteiger partial charge on any atom is 0.110 e. The van der Waals surface area contributed by atoms with Gasteiger partial charge in [0.25, 0.3) is 0 Å². The zero-order valence-corrected chi connectivity index (χ0v) is 7.97. The quantitative estimate of drug-likeness (QED) is 0.541. The molecule has 1 rings (SSSR count). The van der Waals surface area contributed by atoms with Gasteiger partial charge >= 0.3 is 0 Å². The van der Waals surface area contributed by atoms with E-state index in [1.165, 1.54) is 38.5 Å². The Morgan fingerprint density at radius 1 is 1.36 bits per heavy atom. The summed E-state index contributed by atoms with van der Waals surface area (Å²) in [5, 5.41) is 0. The van der Waals surface area contributed by atoms with Crippen LogP contribution in [0.5, 0.6) is 0 Å². The van der Waals surface area contributed by atoms with E-state index in [1.807, 2.05) is 0 Å². The monoisotopic (exact) mass is 151 g/mol. The van der Waals surface area contributed by atoms with Gasteiger partial charge in [0.15, 0.2) is 0 Å². The molecule has 0 bridgehead atoms. The Balaban J connectivity index is 2.21. The van der Waals surface area contributed by atoms with E-state index in [0.29, 0.717) is 0 Å². The van der Waals surface area contributed by atoms with Crippen molar-refractivity contribution in [3.8, 4) is 0 Å². The second-order valence-electron chi connectivity index (χ2n) is 3.91. The Morgan fingerprint density at radius 3 is 2.82 bits per heavy atom. The van der Waals surface area contributed by atoms with Crippen LogP contribution in [0.15, 0.2) is 0 Å². The number of hydrogen-bond donors (Lipinski definition) is 0. The fraction of sp³-hybridized carbons (Fsp3) is 1.00. The normalized spacial score (nSPS) is 31.8. The van der Waals surface area contributed by atoms with Crippen LogP contribution in [0.25, 0.3) is 0 Å². The number of hydrogen-bond acceptors (Lipinski definition) is 0. The summed E-state index contributed by atoms with van der Waals surface area (Å²) in [6.45, 7) is 4.53.